The fourth-order valence-electron chi connectivity index (χ4n) is 10.4. The molecule has 0 radical (unpaired) electrons. The number of aldehydes is 2. The van der Waals surface area contributed by atoms with Gasteiger partial charge >= 0.3 is 18.2 Å². The van der Waals surface area contributed by atoms with Crippen molar-refractivity contribution in [2.45, 2.75) is 165 Å². The largest absolute Gasteiger partial charge is 0.495 e. The van der Waals surface area contributed by atoms with Gasteiger partial charge in [0.05, 0.1) is 48.7 Å². The molecule has 470 valence electrons. The standard InChI is InChI=1S/C58H80Br3ClN8O15/c1-32(2)48(65-37(28-71)15-12-20-55(5,6)85-57(29-59,30-60)31-72)51(75)68-40(16-13-21-64-52(63)76)50(74)67-39-19-18-36(25-38(39)61)66-53(77)83-45-26-46(73)70(8)41-23-35(24-42(80-9)47(41)62)22-33(3)14-11-17-44(81-10)58(79)27-43(82-54(78)69-58)34(4)49-56(45,7)84-49/h11,14,17-19,23-25,28,31-32,34,37,40,43-45,48-49,65,79H,12-13,15-16,20-22,26-27,29-30H2,1-10H3,(H,66,77)(H,67,74)(H,68,75)(H,69,78)(H3,63,64,76)/b17-11+,33-14+/t34-,37?,40+,43+,44-,45+,48+,49+,56+,58+/m1/s1. The number of primary amides is 1. The van der Waals surface area contributed by atoms with E-state index in [1.54, 1.807) is 52.0 Å². The van der Waals surface area contributed by atoms with Crippen LogP contribution >= 0.6 is 59.4 Å². The number of fused-ring (bicyclic) bond motifs is 5. The summed E-state index contributed by atoms with van der Waals surface area (Å²) < 4.78 is 35.9. The van der Waals surface area contributed by atoms with E-state index in [0.717, 1.165) is 23.7 Å². The zero-order chi connectivity index (χ0) is 63.2. The summed E-state index contributed by atoms with van der Waals surface area (Å²) in [5.41, 5.74) is 2.65. The van der Waals surface area contributed by atoms with Crippen molar-refractivity contribution in [2.24, 2.45) is 17.6 Å². The number of alkyl halides is 2. The zero-order valence-electron chi connectivity index (χ0n) is 49.4. The van der Waals surface area contributed by atoms with Crippen LogP contribution < -0.4 is 47.3 Å². The maximum atomic E-state index is 14.5. The summed E-state index contributed by atoms with van der Waals surface area (Å²) in [6, 6.07) is 4.42. The second-order valence-corrected chi connectivity index (χ2v) is 25.2. The van der Waals surface area contributed by atoms with Gasteiger partial charge < -0.3 is 69.7 Å². The highest BCUT2D eigenvalue weighted by Gasteiger charge is 2.64. The van der Waals surface area contributed by atoms with Gasteiger partial charge in [-0.1, -0.05) is 88.0 Å². The third-order valence-corrected chi connectivity index (χ3v) is 18.2. The van der Waals surface area contributed by atoms with Crippen molar-refractivity contribution in [2.75, 3.05) is 54.0 Å². The van der Waals surface area contributed by atoms with E-state index in [-0.39, 0.29) is 58.8 Å². The van der Waals surface area contributed by atoms with Crippen molar-refractivity contribution >= 4 is 125 Å². The first-order valence-electron chi connectivity index (χ1n) is 27.8. The number of methoxy groups -OCH3 is 2. The lowest BCUT2D eigenvalue weighted by atomic mass is 9.83. The van der Waals surface area contributed by atoms with Crippen LogP contribution in [0.15, 0.2) is 58.6 Å². The van der Waals surface area contributed by atoms with Crippen molar-refractivity contribution in [3.63, 3.8) is 0 Å². The number of anilines is 3. The van der Waals surface area contributed by atoms with Crippen molar-refractivity contribution in [1.82, 2.24) is 21.3 Å². The Labute approximate surface area is 526 Å². The fraction of sp³-hybridized carbons (Fsp3) is 0.586. The van der Waals surface area contributed by atoms with Crippen LogP contribution in [0.1, 0.15) is 99.0 Å². The molecule has 5 rings (SSSR count). The summed E-state index contributed by atoms with van der Waals surface area (Å²) in [7, 11) is 4.40. The fourth-order valence-corrected chi connectivity index (χ4v) is 12.6. The molecule has 9 N–H and O–H groups in total. The van der Waals surface area contributed by atoms with E-state index in [0.29, 0.717) is 41.6 Å². The molecule has 0 aromatic heterocycles. The lowest BCUT2D eigenvalue weighted by Crippen LogP contribution is -2.63. The number of aliphatic hydroxyl groups is 1. The lowest BCUT2D eigenvalue weighted by molar-refractivity contribution is -0.146. The van der Waals surface area contributed by atoms with Crippen LogP contribution in [-0.2, 0) is 54.1 Å². The van der Waals surface area contributed by atoms with Crippen LogP contribution in [-0.4, -0.2) is 157 Å². The third kappa shape index (κ3) is 19.2. The molecular weight excluding hydrogens is 1320 g/mol. The molecule has 3 heterocycles. The average molecular weight is 1400 g/mol. The van der Waals surface area contributed by atoms with Gasteiger partial charge in [0.2, 0.25) is 17.7 Å². The molecule has 2 aromatic rings. The number of nitrogens with two attached hydrogens (primary N) is 1. The topological polar surface area (TPSA) is 317 Å². The van der Waals surface area contributed by atoms with E-state index in [1.165, 1.54) is 44.4 Å². The number of nitrogens with one attached hydrogen (secondary N) is 6. The highest BCUT2D eigenvalue weighted by Crippen LogP contribution is 2.49. The van der Waals surface area contributed by atoms with E-state index in [1.807, 2.05) is 26.8 Å². The van der Waals surface area contributed by atoms with Crippen LogP contribution in [0.2, 0.25) is 5.02 Å². The van der Waals surface area contributed by atoms with Crippen LogP contribution in [0, 0.1) is 11.8 Å². The summed E-state index contributed by atoms with van der Waals surface area (Å²) in [6.45, 7) is 12.7. The number of allylic oxidation sites excluding steroid dienone is 3. The van der Waals surface area contributed by atoms with E-state index in [4.69, 9.17) is 45.8 Å². The van der Waals surface area contributed by atoms with Gasteiger partial charge in [0.15, 0.2) is 12.0 Å². The molecule has 85 heavy (non-hydrogen) atoms. The van der Waals surface area contributed by atoms with Gasteiger partial charge in [0.25, 0.3) is 0 Å². The van der Waals surface area contributed by atoms with Crippen LogP contribution in [0.3, 0.4) is 0 Å². The number of nitrogens with zero attached hydrogens (tertiary/aromatic N) is 1. The zero-order valence-corrected chi connectivity index (χ0v) is 55.0. The van der Waals surface area contributed by atoms with Crippen LogP contribution in [0.4, 0.5) is 31.4 Å². The van der Waals surface area contributed by atoms with Gasteiger partial charge in [0, 0.05) is 53.9 Å². The van der Waals surface area contributed by atoms with E-state index >= 15 is 0 Å². The third-order valence-electron chi connectivity index (χ3n) is 15.2. The monoisotopic (exact) mass is 1400 g/mol. The Kier molecular flexibility index (Phi) is 25.8. The van der Waals surface area contributed by atoms with Crippen LogP contribution in [0.25, 0.3) is 0 Å². The smallest absolute Gasteiger partial charge is 0.412 e. The number of hydrogen-bond donors (Lipinski definition) is 8. The van der Waals surface area contributed by atoms with Crippen LogP contribution in [0.5, 0.6) is 5.75 Å². The summed E-state index contributed by atoms with van der Waals surface area (Å²) in [5.74, 6) is -2.33. The van der Waals surface area contributed by atoms with Gasteiger partial charge in [-0.05, 0) is 124 Å². The van der Waals surface area contributed by atoms with Gasteiger partial charge in [-0.3, -0.25) is 30.3 Å². The number of alkyl carbamates (subject to hydrolysis) is 1. The number of carbonyl (C=O) groups excluding carboxylic acids is 8. The van der Waals surface area contributed by atoms with Gasteiger partial charge in [0.1, 0.15) is 52.6 Å². The van der Waals surface area contributed by atoms with Crippen molar-refractivity contribution in [3.8, 4) is 5.75 Å². The maximum Gasteiger partial charge on any atom is 0.412 e. The number of carbonyl (C=O) groups is 8. The van der Waals surface area contributed by atoms with Gasteiger partial charge in [-0.25, -0.2) is 14.4 Å². The molecule has 23 nitrogen and oxygen atoms in total. The first-order chi connectivity index (χ1) is 40.0. The van der Waals surface area contributed by atoms with Gasteiger partial charge in [-0.15, -0.1) is 0 Å². The molecule has 0 aliphatic carbocycles. The van der Waals surface area contributed by atoms with Crippen molar-refractivity contribution < 1.29 is 71.9 Å². The van der Waals surface area contributed by atoms with Gasteiger partial charge in [-0.2, -0.15) is 0 Å². The molecule has 3 aliphatic rings. The number of hydrogen-bond acceptors (Lipinski definition) is 16. The molecule has 3 aliphatic heterocycles. The number of epoxide rings is 1. The minimum atomic E-state index is -1.90. The molecule has 2 aromatic carbocycles. The molecule has 4 bridgehead atoms. The minimum Gasteiger partial charge on any atom is -0.495 e. The maximum absolute atomic E-state index is 14.5. The predicted molar refractivity (Wildman–Crippen MR) is 331 cm³/mol. The molecule has 0 saturated carbocycles. The molecule has 2 fully saturated rings. The molecule has 27 heteroatoms. The molecular formula is C58H80Br3ClN8O15. The molecule has 10 atom stereocenters. The number of rotatable bonds is 25. The molecule has 0 spiro atoms. The number of halogens is 4. The summed E-state index contributed by atoms with van der Waals surface area (Å²) in [5, 5.41) is 29.1. The highest BCUT2D eigenvalue weighted by molar-refractivity contribution is 9.10. The number of amides is 7. The lowest BCUT2D eigenvalue weighted by Gasteiger charge is -2.42. The Morgan fingerprint density at radius 2 is 1.75 bits per heavy atom. The second kappa shape index (κ2) is 31.1. The summed E-state index contributed by atoms with van der Waals surface area (Å²) >= 11 is 17.0. The molecule has 1 unspecified atom stereocenters. The Morgan fingerprint density at radius 3 is 2.36 bits per heavy atom. The minimum absolute atomic E-state index is 0.0623. The van der Waals surface area contributed by atoms with E-state index < -0.39 is 113 Å². The van der Waals surface area contributed by atoms with E-state index in [9.17, 15) is 43.5 Å². The molecule has 7 amide bonds. The second-order valence-electron chi connectivity index (χ2n) is 22.8. The normalized spacial score (nSPS) is 24.8. The number of urea groups is 1. The Hall–Kier alpha value is -5.19. The SMILES string of the molecule is COc1cc2cc(c1Cl)N(C)C(=O)C[C@H](OC(=O)Nc1ccc(NC(=O)[C@H](CCCNC(N)=O)NC(=O)[C@@H](NC(C=O)CCCC(C)(C)OC(C=O)(CBr)CBr)C(C)C)c(Br)c1)[C@]1(C)O[C@H]1[C@H](C)[C@@H]1C[C@@](O)(NC(=O)O1)[C@H](OC)/C=C/C=C(\C)C2. The first kappa shape index (κ1) is 70.6. The Bertz CT molecular complexity index is 2810. The highest BCUT2D eigenvalue weighted by atomic mass is 79.9. The Balaban J connectivity index is 1.35. The van der Waals surface area contributed by atoms with Crippen molar-refractivity contribution in [3.05, 3.63) is 69.2 Å². The Morgan fingerprint density at radius 1 is 1.05 bits per heavy atom. The summed E-state index contributed by atoms with van der Waals surface area (Å²) in [4.78, 5) is 107. The quantitative estimate of drug-likeness (QED) is 0.0203. The van der Waals surface area contributed by atoms with Crippen molar-refractivity contribution in [1.29, 1.82) is 0 Å². The van der Waals surface area contributed by atoms with E-state index in [2.05, 4.69) is 79.7 Å². The number of ether oxygens (including phenoxy) is 6. The average Bonchev–Trinajstić information content (AvgIpc) is 1.65. The predicted octanol–water partition coefficient (Wildman–Crippen LogP) is 7.88. The first-order valence-corrected chi connectivity index (χ1v) is 31.2. The molecule has 2 saturated heterocycles. The number of benzene rings is 2. The summed E-state index contributed by atoms with van der Waals surface area (Å²) in [6.07, 6.45) is 2.32.